The molecule has 6 nitrogen and oxygen atoms in total. The first-order chi connectivity index (χ1) is 4.95. The van der Waals surface area contributed by atoms with E-state index in [2.05, 4.69) is 0 Å². The highest BCUT2D eigenvalue weighted by Crippen LogP contribution is 2.00. The molecule has 0 saturated carbocycles. The monoisotopic (exact) mass is 162 g/mol. The second kappa shape index (κ2) is 3.87. The third-order valence-electron chi connectivity index (χ3n) is 1.34. The van der Waals surface area contributed by atoms with E-state index in [4.69, 9.17) is 10.8 Å². The number of carboxylic acid groups (broad SMARTS) is 1. The standard InChI is InChI=1S/C5H10N2O4/c1-3(2-7(10)11)4(6)5(8)9/h3-4H,2,6H2,1H3,(H,8,9)/t3-,4-/m0/s1. The Morgan fingerprint density at radius 2 is 2.27 bits per heavy atom. The maximum absolute atomic E-state index is 10.2. The molecule has 0 saturated heterocycles. The Morgan fingerprint density at radius 3 is 2.55 bits per heavy atom. The van der Waals surface area contributed by atoms with Gasteiger partial charge in [-0.2, -0.15) is 0 Å². The van der Waals surface area contributed by atoms with Gasteiger partial charge in [-0.15, -0.1) is 0 Å². The van der Waals surface area contributed by atoms with Gasteiger partial charge in [-0.3, -0.25) is 14.9 Å². The van der Waals surface area contributed by atoms with E-state index in [9.17, 15) is 14.9 Å². The molecule has 11 heavy (non-hydrogen) atoms. The highest BCUT2D eigenvalue weighted by Gasteiger charge is 2.23. The number of carbonyl (C=O) groups is 1. The number of rotatable bonds is 4. The van der Waals surface area contributed by atoms with Crippen molar-refractivity contribution in [2.45, 2.75) is 13.0 Å². The zero-order valence-electron chi connectivity index (χ0n) is 6.06. The molecular weight excluding hydrogens is 152 g/mol. The highest BCUT2D eigenvalue weighted by atomic mass is 16.6. The Bertz CT molecular complexity index is 170. The summed E-state index contributed by atoms with van der Waals surface area (Å²) < 4.78 is 0. The van der Waals surface area contributed by atoms with Crippen LogP contribution in [0.2, 0.25) is 0 Å². The van der Waals surface area contributed by atoms with Gasteiger partial charge in [0.1, 0.15) is 6.04 Å². The fraction of sp³-hybridized carbons (Fsp3) is 0.800. The van der Waals surface area contributed by atoms with Crippen molar-refractivity contribution in [1.82, 2.24) is 0 Å². The van der Waals surface area contributed by atoms with Crippen LogP contribution in [0, 0.1) is 16.0 Å². The molecule has 2 atom stereocenters. The quantitative estimate of drug-likeness (QED) is 0.420. The van der Waals surface area contributed by atoms with Crippen molar-refractivity contribution in [2.24, 2.45) is 11.7 Å². The van der Waals surface area contributed by atoms with Gasteiger partial charge >= 0.3 is 5.97 Å². The molecule has 0 aliphatic carbocycles. The van der Waals surface area contributed by atoms with E-state index in [0.29, 0.717) is 0 Å². The Hall–Kier alpha value is -1.17. The molecule has 0 fully saturated rings. The van der Waals surface area contributed by atoms with E-state index < -0.39 is 29.4 Å². The van der Waals surface area contributed by atoms with Crippen LogP contribution in [0.4, 0.5) is 0 Å². The Kier molecular flexibility index (Phi) is 3.46. The molecule has 0 aromatic carbocycles. The zero-order chi connectivity index (χ0) is 9.02. The topological polar surface area (TPSA) is 106 Å². The Labute approximate surface area is 63.1 Å². The molecule has 64 valence electrons. The minimum absolute atomic E-state index is 0.409. The largest absolute Gasteiger partial charge is 0.480 e. The number of nitrogens with zero attached hydrogens (tertiary/aromatic N) is 1. The van der Waals surface area contributed by atoms with Crippen LogP contribution in [0.5, 0.6) is 0 Å². The first-order valence-electron chi connectivity index (χ1n) is 3.05. The van der Waals surface area contributed by atoms with Gasteiger partial charge in [0.25, 0.3) is 0 Å². The third-order valence-corrected chi connectivity index (χ3v) is 1.34. The fourth-order valence-corrected chi connectivity index (χ4v) is 0.592. The lowest BCUT2D eigenvalue weighted by molar-refractivity contribution is -0.487. The molecular formula is C5H10N2O4. The summed E-state index contributed by atoms with van der Waals surface area (Å²) in [6, 6.07) is -1.15. The maximum Gasteiger partial charge on any atom is 0.321 e. The SMILES string of the molecule is C[C@@H](C[N+](=O)[O-])[C@H](N)C(=O)O. The van der Waals surface area contributed by atoms with E-state index in [-0.39, 0.29) is 0 Å². The van der Waals surface area contributed by atoms with Crippen molar-refractivity contribution < 1.29 is 14.8 Å². The fourth-order valence-electron chi connectivity index (χ4n) is 0.592. The molecule has 0 spiro atoms. The predicted molar refractivity (Wildman–Crippen MR) is 36.6 cm³/mol. The molecule has 0 aliphatic heterocycles. The van der Waals surface area contributed by atoms with Crippen molar-refractivity contribution in [3.05, 3.63) is 10.1 Å². The average molecular weight is 162 g/mol. The first-order valence-corrected chi connectivity index (χ1v) is 3.05. The van der Waals surface area contributed by atoms with Crippen molar-refractivity contribution >= 4 is 5.97 Å². The van der Waals surface area contributed by atoms with Gasteiger partial charge in [-0.25, -0.2) is 0 Å². The van der Waals surface area contributed by atoms with E-state index in [1.165, 1.54) is 6.92 Å². The van der Waals surface area contributed by atoms with Crippen LogP contribution in [-0.4, -0.2) is 28.6 Å². The highest BCUT2D eigenvalue weighted by molar-refractivity contribution is 5.73. The van der Waals surface area contributed by atoms with Crippen LogP contribution in [0.3, 0.4) is 0 Å². The molecule has 0 aromatic heterocycles. The minimum Gasteiger partial charge on any atom is -0.480 e. The summed E-state index contributed by atoms with van der Waals surface area (Å²) in [5.74, 6) is -1.85. The smallest absolute Gasteiger partial charge is 0.321 e. The van der Waals surface area contributed by atoms with Crippen molar-refractivity contribution in [1.29, 1.82) is 0 Å². The van der Waals surface area contributed by atoms with Crippen LogP contribution in [-0.2, 0) is 4.79 Å². The number of hydrogen-bond acceptors (Lipinski definition) is 4. The summed E-state index contributed by atoms with van der Waals surface area (Å²) in [6.07, 6.45) is 0. The number of aliphatic carboxylic acids is 1. The van der Waals surface area contributed by atoms with Crippen LogP contribution in [0.15, 0.2) is 0 Å². The van der Waals surface area contributed by atoms with Crippen molar-refractivity contribution in [3.63, 3.8) is 0 Å². The lowest BCUT2D eigenvalue weighted by atomic mass is 10.0. The summed E-state index contributed by atoms with van der Waals surface area (Å²) >= 11 is 0. The predicted octanol–water partition coefficient (Wildman–Crippen LogP) is -0.689. The average Bonchev–Trinajstić information content (AvgIpc) is 1.84. The molecule has 6 heteroatoms. The van der Waals surface area contributed by atoms with Crippen LogP contribution in [0.25, 0.3) is 0 Å². The summed E-state index contributed by atoms with van der Waals surface area (Å²) in [6.45, 7) is 1.02. The second-order valence-electron chi connectivity index (χ2n) is 2.36. The summed E-state index contributed by atoms with van der Waals surface area (Å²) in [5.41, 5.74) is 5.10. The van der Waals surface area contributed by atoms with E-state index in [1.807, 2.05) is 0 Å². The summed E-state index contributed by atoms with van der Waals surface area (Å²) in [5, 5.41) is 18.2. The number of nitro groups is 1. The molecule has 0 radical (unpaired) electrons. The number of nitrogens with two attached hydrogens (primary N) is 1. The van der Waals surface area contributed by atoms with Crippen LogP contribution >= 0.6 is 0 Å². The third kappa shape index (κ3) is 3.51. The van der Waals surface area contributed by atoms with Gasteiger partial charge in [0.15, 0.2) is 0 Å². The Morgan fingerprint density at radius 1 is 1.82 bits per heavy atom. The Balaban J connectivity index is 3.92. The molecule has 0 aliphatic rings. The minimum atomic E-state index is -1.21. The summed E-state index contributed by atoms with van der Waals surface area (Å²) in [4.78, 5) is 19.5. The van der Waals surface area contributed by atoms with Crippen molar-refractivity contribution in [3.8, 4) is 0 Å². The number of carboxylic acids is 1. The molecule has 0 aromatic rings. The zero-order valence-corrected chi connectivity index (χ0v) is 6.06. The lowest BCUT2D eigenvalue weighted by Crippen LogP contribution is -2.39. The second-order valence-corrected chi connectivity index (χ2v) is 2.36. The van der Waals surface area contributed by atoms with Gasteiger partial charge in [-0.1, -0.05) is 6.92 Å². The molecule has 0 unspecified atom stereocenters. The van der Waals surface area contributed by atoms with E-state index >= 15 is 0 Å². The molecule has 3 N–H and O–H groups in total. The molecule has 0 amide bonds. The first kappa shape index (κ1) is 9.83. The van der Waals surface area contributed by atoms with Gasteiger partial charge < -0.3 is 10.8 Å². The molecule has 0 rings (SSSR count). The van der Waals surface area contributed by atoms with Crippen molar-refractivity contribution in [2.75, 3.05) is 6.54 Å². The maximum atomic E-state index is 10.2. The van der Waals surface area contributed by atoms with E-state index in [1.54, 1.807) is 0 Å². The van der Waals surface area contributed by atoms with Gasteiger partial charge in [-0.05, 0) is 0 Å². The molecule has 0 heterocycles. The normalized spacial score (nSPS) is 15.5. The van der Waals surface area contributed by atoms with Gasteiger partial charge in [0.2, 0.25) is 6.54 Å². The van der Waals surface area contributed by atoms with Gasteiger partial charge in [0.05, 0.1) is 0 Å². The summed E-state index contributed by atoms with van der Waals surface area (Å²) in [7, 11) is 0. The van der Waals surface area contributed by atoms with Crippen LogP contribution in [0.1, 0.15) is 6.92 Å². The number of hydrogen-bond donors (Lipinski definition) is 2. The molecule has 0 bridgehead atoms. The lowest BCUT2D eigenvalue weighted by Gasteiger charge is -2.10. The van der Waals surface area contributed by atoms with E-state index in [0.717, 1.165) is 0 Å². The van der Waals surface area contributed by atoms with Gasteiger partial charge in [0, 0.05) is 10.8 Å². The van der Waals surface area contributed by atoms with Crippen LogP contribution < -0.4 is 5.73 Å².